The number of hydrogen-bond acceptors (Lipinski definition) is 5. The summed E-state index contributed by atoms with van der Waals surface area (Å²) in [4.78, 5) is 26.3. The molecule has 0 bridgehead atoms. The lowest BCUT2D eigenvalue weighted by atomic mass is 10.0. The Morgan fingerprint density at radius 2 is 1.84 bits per heavy atom. The van der Waals surface area contributed by atoms with E-state index in [1.807, 2.05) is 18.2 Å². The summed E-state index contributed by atoms with van der Waals surface area (Å²) in [5.74, 6) is 0.131. The van der Waals surface area contributed by atoms with Gasteiger partial charge >= 0.3 is 5.97 Å². The van der Waals surface area contributed by atoms with Crippen LogP contribution in [0.15, 0.2) is 30.3 Å². The number of likely N-dealkylation sites (tertiary alicyclic amines) is 1. The Bertz CT molecular complexity index is 801. The number of amides is 1. The number of carbonyl (C=O) groups excluding carboxylic acids is 1. The minimum absolute atomic E-state index is 0.0531. The predicted molar refractivity (Wildman–Crippen MR) is 93.8 cm³/mol. The Hall–Kier alpha value is -2.54. The Balaban J connectivity index is 1.87. The Kier molecular flexibility index (Phi) is 4.94. The first-order chi connectivity index (χ1) is 12.0. The second-order valence-electron chi connectivity index (χ2n) is 5.74. The molecule has 0 spiro atoms. The first kappa shape index (κ1) is 17.3. The third kappa shape index (κ3) is 3.32. The smallest absolute Gasteiger partial charge is 0.345 e. The second kappa shape index (κ2) is 7.14. The molecule has 7 heteroatoms. The van der Waals surface area contributed by atoms with Gasteiger partial charge in [0.15, 0.2) is 11.5 Å². The molecular weight excluding hydrogens is 342 g/mol. The van der Waals surface area contributed by atoms with Gasteiger partial charge in [-0.2, -0.15) is 0 Å². The van der Waals surface area contributed by atoms with Crippen LogP contribution in [0.3, 0.4) is 0 Å². The molecular formula is C18H19NO5S. The van der Waals surface area contributed by atoms with Crippen LogP contribution < -0.4 is 9.47 Å². The molecule has 1 atom stereocenters. The van der Waals surface area contributed by atoms with E-state index in [1.165, 1.54) is 6.07 Å². The molecule has 1 saturated heterocycles. The van der Waals surface area contributed by atoms with Crippen LogP contribution in [0.1, 0.15) is 43.8 Å². The van der Waals surface area contributed by atoms with Crippen molar-refractivity contribution in [2.75, 3.05) is 20.8 Å². The minimum Gasteiger partial charge on any atom is -0.493 e. The SMILES string of the molecule is COc1ccc([C@H]2CCCN2C(=O)c2ccc(C(=O)O)s2)cc1OC. The summed E-state index contributed by atoms with van der Waals surface area (Å²) in [5.41, 5.74) is 0.985. The summed E-state index contributed by atoms with van der Waals surface area (Å²) in [6.07, 6.45) is 1.76. The van der Waals surface area contributed by atoms with E-state index in [1.54, 1.807) is 25.2 Å². The molecule has 0 saturated carbocycles. The van der Waals surface area contributed by atoms with Gasteiger partial charge in [0.1, 0.15) is 4.88 Å². The Morgan fingerprint density at radius 3 is 2.48 bits per heavy atom. The fraction of sp³-hybridized carbons (Fsp3) is 0.333. The van der Waals surface area contributed by atoms with E-state index in [0.717, 1.165) is 29.7 Å². The highest BCUT2D eigenvalue weighted by atomic mass is 32.1. The van der Waals surface area contributed by atoms with Crippen LogP contribution in [0.25, 0.3) is 0 Å². The highest BCUT2D eigenvalue weighted by molar-refractivity contribution is 7.15. The number of thiophene rings is 1. The molecule has 6 nitrogen and oxygen atoms in total. The fourth-order valence-corrected chi connectivity index (χ4v) is 3.93. The van der Waals surface area contributed by atoms with Gasteiger partial charge in [0.2, 0.25) is 0 Å². The number of benzene rings is 1. The zero-order valence-electron chi connectivity index (χ0n) is 14.0. The van der Waals surface area contributed by atoms with Gasteiger partial charge in [0.25, 0.3) is 5.91 Å². The molecule has 1 aliphatic rings. The molecule has 132 valence electrons. The molecule has 1 aromatic carbocycles. The van der Waals surface area contributed by atoms with Crippen molar-refractivity contribution in [2.45, 2.75) is 18.9 Å². The average molecular weight is 361 g/mol. The van der Waals surface area contributed by atoms with Gasteiger partial charge in [-0.15, -0.1) is 11.3 Å². The van der Waals surface area contributed by atoms with Gasteiger partial charge in [-0.25, -0.2) is 4.79 Å². The first-order valence-corrected chi connectivity index (χ1v) is 8.73. The Morgan fingerprint density at radius 1 is 1.12 bits per heavy atom. The van der Waals surface area contributed by atoms with Crippen LogP contribution in [0.4, 0.5) is 0 Å². The van der Waals surface area contributed by atoms with E-state index in [-0.39, 0.29) is 16.8 Å². The number of ether oxygens (including phenoxy) is 2. The van der Waals surface area contributed by atoms with Gasteiger partial charge < -0.3 is 19.5 Å². The summed E-state index contributed by atoms with van der Waals surface area (Å²) in [5, 5.41) is 9.04. The number of hydrogen-bond donors (Lipinski definition) is 1. The van der Waals surface area contributed by atoms with Crippen molar-refractivity contribution in [1.29, 1.82) is 0 Å². The van der Waals surface area contributed by atoms with Crippen LogP contribution in [-0.4, -0.2) is 42.6 Å². The van der Waals surface area contributed by atoms with Gasteiger partial charge in [-0.1, -0.05) is 6.07 Å². The van der Waals surface area contributed by atoms with Gasteiger partial charge in [-0.05, 0) is 42.7 Å². The maximum Gasteiger partial charge on any atom is 0.345 e. The number of carboxylic acids is 1. The molecule has 2 heterocycles. The van der Waals surface area contributed by atoms with Crippen molar-refractivity contribution in [2.24, 2.45) is 0 Å². The quantitative estimate of drug-likeness (QED) is 0.883. The van der Waals surface area contributed by atoms with E-state index in [2.05, 4.69) is 0 Å². The lowest BCUT2D eigenvalue weighted by Gasteiger charge is -2.25. The van der Waals surface area contributed by atoms with Gasteiger partial charge in [0, 0.05) is 6.54 Å². The first-order valence-electron chi connectivity index (χ1n) is 7.91. The van der Waals surface area contributed by atoms with Gasteiger partial charge in [-0.3, -0.25) is 4.79 Å². The van der Waals surface area contributed by atoms with Crippen LogP contribution in [0.2, 0.25) is 0 Å². The molecule has 1 amide bonds. The highest BCUT2D eigenvalue weighted by Crippen LogP contribution is 2.38. The van der Waals surface area contributed by atoms with Crippen molar-refractivity contribution >= 4 is 23.2 Å². The zero-order valence-corrected chi connectivity index (χ0v) is 14.8. The number of aromatic carboxylic acids is 1. The minimum atomic E-state index is -1.01. The second-order valence-corrected chi connectivity index (χ2v) is 6.82. The van der Waals surface area contributed by atoms with E-state index < -0.39 is 5.97 Å². The third-order valence-corrected chi connectivity index (χ3v) is 5.39. The lowest BCUT2D eigenvalue weighted by Crippen LogP contribution is -2.30. The van der Waals surface area contributed by atoms with Crippen molar-refractivity contribution in [3.8, 4) is 11.5 Å². The molecule has 25 heavy (non-hydrogen) atoms. The topological polar surface area (TPSA) is 76.1 Å². The van der Waals surface area contributed by atoms with Crippen LogP contribution >= 0.6 is 11.3 Å². The van der Waals surface area contributed by atoms with Crippen molar-refractivity contribution in [1.82, 2.24) is 4.90 Å². The normalized spacial score (nSPS) is 16.7. The summed E-state index contributed by atoms with van der Waals surface area (Å²) >= 11 is 1.01. The summed E-state index contributed by atoms with van der Waals surface area (Å²) in [6.45, 7) is 0.651. The number of methoxy groups -OCH3 is 2. The predicted octanol–water partition coefficient (Wildman–Crippen LogP) is 3.44. The number of carbonyl (C=O) groups is 2. The molecule has 1 N–H and O–H groups in total. The number of rotatable bonds is 5. The fourth-order valence-electron chi connectivity index (χ4n) is 3.13. The maximum absolute atomic E-state index is 12.8. The van der Waals surface area contributed by atoms with Crippen LogP contribution in [-0.2, 0) is 0 Å². The lowest BCUT2D eigenvalue weighted by molar-refractivity contribution is 0.0701. The zero-order chi connectivity index (χ0) is 18.0. The van der Waals surface area contributed by atoms with E-state index >= 15 is 0 Å². The molecule has 3 rings (SSSR count). The number of carboxylic acid groups (broad SMARTS) is 1. The largest absolute Gasteiger partial charge is 0.493 e. The molecule has 1 fully saturated rings. The molecule has 1 aliphatic heterocycles. The Labute approximate surface area is 149 Å². The summed E-state index contributed by atoms with van der Waals surface area (Å²) < 4.78 is 10.6. The maximum atomic E-state index is 12.8. The van der Waals surface area contributed by atoms with Crippen molar-refractivity contribution < 1.29 is 24.2 Å². The van der Waals surface area contributed by atoms with Crippen molar-refractivity contribution in [3.05, 3.63) is 45.6 Å². The molecule has 0 radical (unpaired) electrons. The highest BCUT2D eigenvalue weighted by Gasteiger charge is 2.32. The van der Waals surface area contributed by atoms with E-state index in [9.17, 15) is 9.59 Å². The van der Waals surface area contributed by atoms with E-state index in [4.69, 9.17) is 14.6 Å². The summed E-state index contributed by atoms with van der Waals surface area (Å²) in [6, 6.07) is 8.68. The molecule has 0 unspecified atom stereocenters. The summed E-state index contributed by atoms with van der Waals surface area (Å²) in [7, 11) is 3.16. The third-order valence-electron chi connectivity index (χ3n) is 4.33. The molecule has 1 aromatic heterocycles. The number of nitrogens with zero attached hydrogens (tertiary/aromatic N) is 1. The standard InChI is InChI=1S/C18H19NO5S/c1-23-13-6-5-11(10-14(13)24-2)12-4-3-9-19(12)17(20)15-7-8-16(25-15)18(21)22/h5-8,10,12H,3-4,9H2,1-2H3,(H,21,22)/t12-/m1/s1. The molecule has 2 aromatic rings. The van der Waals surface area contributed by atoms with Crippen LogP contribution in [0, 0.1) is 0 Å². The van der Waals surface area contributed by atoms with Gasteiger partial charge in [0.05, 0.1) is 25.1 Å². The van der Waals surface area contributed by atoms with E-state index in [0.29, 0.717) is 22.9 Å². The van der Waals surface area contributed by atoms with Crippen molar-refractivity contribution in [3.63, 3.8) is 0 Å². The van der Waals surface area contributed by atoms with Crippen LogP contribution in [0.5, 0.6) is 11.5 Å². The monoisotopic (exact) mass is 361 g/mol. The molecule has 0 aliphatic carbocycles. The average Bonchev–Trinajstić information content (AvgIpc) is 3.30.